The Morgan fingerprint density at radius 2 is 1.95 bits per heavy atom. The van der Waals surface area contributed by atoms with Crippen LogP contribution in [0, 0.1) is 5.82 Å². The summed E-state index contributed by atoms with van der Waals surface area (Å²) in [5.74, 6) is 0.202. The second kappa shape index (κ2) is 7.22. The van der Waals surface area contributed by atoms with Crippen LogP contribution in [0.3, 0.4) is 0 Å². The van der Waals surface area contributed by atoms with Crippen molar-refractivity contribution >= 4 is 21.8 Å². The Kier molecular flexibility index (Phi) is 5.33. The predicted molar refractivity (Wildman–Crippen MR) is 83.1 cm³/mol. The van der Waals surface area contributed by atoms with Gasteiger partial charge in [-0.2, -0.15) is 0 Å². The molecular weight excluding hydrogens is 337 g/mol. The predicted octanol–water partition coefficient (Wildman–Crippen LogP) is 3.57. The third-order valence-electron chi connectivity index (χ3n) is 3.04. The SMILES string of the molecule is COc1ccc(CCNC(=O)c2ccc(F)c(Br)c2)cc1. The van der Waals surface area contributed by atoms with Gasteiger partial charge in [0.15, 0.2) is 0 Å². The largest absolute Gasteiger partial charge is 0.497 e. The van der Waals surface area contributed by atoms with Crippen LogP contribution in [-0.2, 0) is 6.42 Å². The van der Waals surface area contributed by atoms with Crippen molar-refractivity contribution < 1.29 is 13.9 Å². The Morgan fingerprint density at radius 1 is 1.24 bits per heavy atom. The lowest BCUT2D eigenvalue weighted by atomic mass is 10.1. The number of ether oxygens (including phenoxy) is 1. The number of methoxy groups -OCH3 is 1. The maximum Gasteiger partial charge on any atom is 0.251 e. The van der Waals surface area contributed by atoms with Crippen LogP contribution in [0.4, 0.5) is 4.39 Å². The van der Waals surface area contributed by atoms with E-state index in [4.69, 9.17) is 4.74 Å². The molecule has 3 nitrogen and oxygen atoms in total. The summed E-state index contributed by atoms with van der Waals surface area (Å²) in [5, 5.41) is 2.81. The van der Waals surface area contributed by atoms with Gasteiger partial charge in [-0.25, -0.2) is 4.39 Å². The third-order valence-corrected chi connectivity index (χ3v) is 3.65. The van der Waals surface area contributed by atoms with Crippen LogP contribution in [0.5, 0.6) is 5.75 Å². The van der Waals surface area contributed by atoms with Crippen molar-refractivity contribution in [3.05, 3.63) is 63.9 Å². The first-order valence-electron chi connectivity index (χ1n) is 6.46. The third kappa shape index (κ3) is 4.29. The minimum atomic E-state index is -0.384. The molecule has 0 spiro atoms. The van der Waals surface area contributed by atoms with E-state index in [1.54, 1.807) is 7.11 Å². The fourth-order valence-corrected chi connectivity index (χ4v) is 2.23. The molecule has 0 bridgehead atoms. The van der Waals surface area contributed by atoms with Gasteiger partial charge >= 0.3 is 0 Å². The van der Waals surface area contributed by atoms with Crippen LogP contribution in [0.2, 0.25) is 0 Å². The number of rotatable bonds is 5. The van der Waals surface area contributed by atoms with Crippen molar-refractivity contribution in [3.63, 3.8) is 0 Å². The van der Waals surface area contributed by atoms with Crippen molar-refractivity contribution in [2.45, 2.75) is 6.42 Å². The molecule has 2 rings (SSSR count). The first-order valence-corrected chi connectivity index (χ1v) is 7.25. The summed E-state index contributed by atoms with van der Waals surface area (Å²) in [6.07, 6.45) is 0.720. The molecule has 0 radical (unpaired) electrons. The molecular formula is C16H15BrFNO2. The maximum absolute atomic E-state index is 13.1. The second-order valence-corrected chi connectivity index (χ2v) is 5.34. The number of amides is 1. The Bertz CT molecular complexity index is 629. The summed E-state index contributed by atoms with van der Waals surface area (Å²) in [7, 11) is 1.62. The van der Waals surface area contributed by atoms with Crippen molar-refractivity contribution in [3.8, 4) is 5.75 Å². The van der Waals surface area contributed by atoms with Gasteiger partial charge in [0.25, 0.3) is 5.91 Å². The Labute approximate surface area is 131 Å². The highest BCUT2D eigenvalue weighted by atomic mass is 79.9. The molecule has 1 N–H and O–H groups in total. The molecule has 0 aliphatic carbocycles. The number of hydrogen-bond acceptors (Lipinski definition) is 2. The minimum Gasteiger partial charge on any atom is -0.497 e. The van der Waals surface area contributed by atoms with E-state index in [-0.39, 0.29) is 16.2 Å². The first kappa shape index (κ1) is 15.5. The highest BCUT2D eigenvalue weighted by Crippen LogP contribution is 2.16. The zero-order valence-corrected chi connectivity index (χ0v) is 13.1. The van der Waals surface area contributed by atoms with E-state index < -0.39 is 0 Å². The Balaban J connectivity index is 1.87. The summed E-state index contributed by atoms with van der Waals surface area (Å²) >= 11 is 3.07. The quantitative estimate of drug-likeness (QED) is 0.894. The molecule has 0 fully saturated rings. The van der Waals surface area contributed by atoms with E-state index in [1.807, 2.05) is 24.3 Å². The molecule has 0 saturated carbocycles. The molecule has 1 amide bonds. The maximum atomic E-state index is 13.1. The summed E-state index contributed by atoms with van der Waals surface area (Å²) in [6.45, 7) is 0.514. The molecule has 0 saturated heterocycles. The molecule has 0 atom stereocenters. The number of hydrogen-bond donors (Lipinski definition) is 1. The van der Waals surface area contributed by atoms with Gasteiger partial charge in [0.05, 0.1) is 11.6 Å². The average Bonchev–Trinajstić information content (AvgIpc) is 2.50. The smallest absolute Gasteiger partial charge is 0.251 e. The van der Waals surface area contributed by atoms with E-state index in [9.17, 15) is 9.18 Å². The topological polar surface area (TPSA) is 38.3 Å². The number of nitrogens with one attached hydrogen (secondary N) is 1. The fourth-order valence-electron chi connectivity index (χ4n) is 1.85. The van der Waals surface area contributed by atoms with Crippen molar-refractivity contribution in [1.29, 1.82) is 0 Å². The lowest BCUT2D eigenvalue weighted by molar-refractivity contribution is 0.0954. The molecule has 21 heavy (non-hydrogen) atoms. The summed E-state index contributed by atoms with van der Waals surface area (Å²) in [5.41, 5.74) is 1.54. The van der Waals surface area contributed by atoms with E-state index in [1.165, 1.54) is 18.2 Å². The molecule has 0 aliphatic rings. The van der Waals surface area contributed by atoms with Gasteiger partial charge in [-0.15, -0.1) is 0 Å². The average molecular weight is 352 g/mol. The fraction of sp³-hybridized carbons (Fsp3) is 0.188. The highest BCUT2D eigenvalue weighted by Gasteiger charge is 2.07. The van der Waals surface area contributed by atoms with Crippen LogP contribution >= 0.6 is 15.9 Å². The van der Waals surface area contributed by atoms with Crippen LogP contribution in [0.1, 0.15) is 15.9 Å². The molecule has 2 aromatic carbocycles. The summed E-state index contributed by atoms with van der Waals surface area (Å²) in [6, 6.07) is 11.9. The molecule has 5 heteroatoms. The summed E-state index contributed by atoms with van der Waals surface area (Å²) in [4.78, 5) is 11.9. The number of benzene rings is 2. The standard InChI is InChI=1S/C16H15BrFNO2/c1-21-13-5-2-11(3-6-13)8-9-19-16(20)12-4-7-15(18)14(17)10-12/h2-7,10H,8-9H2,1H3,(H,19,20). The normalized spacial score (nSPS) is 10.2. The number of carbonyl (C=O) groups is 1. The van der Waals surface area contributed by atoms with Crippen LogP contribution in [0.15, 0.2) is 46.9 Å². The van der Waals surface area contributed by atoms with Crippen LogP contribution < -0.4 is 10.1 Å². The van der Waals surface area contributed by atoms with Gasteiger partial charge in [0, 0.05) is 12.1 Å². The van der Waals surface area contributed by atoms with Crippen LogP contribution in [-0.4, -0.2) is 19.6 Å². The van der Waals surface area contributed by atoms with E-state index in [0.717, 1.165) is 17.7 Å². The molecule has 110 valence electrons. The van der Waals surface area contributed by atoms with Crippen molar-refractivity contribution in [2.75, 3.05) is 13.7 Å². The van der Waals surface area contributed by atoms with E-state index in [0.29, 0.717) is 12.1 Å². The van der Waals surface area contributed by atoms with E-state index >= 15 is 0 Å². The van der Waals surface area contributed by atoms with E-state index in [2.05, 4.69) is 21.2 Å². The molecule has 2 aromatic rings. The summed E-state index contributed by atoms with van der Waals surface area (Å²) < 4.78 is 18.5. The van der Waals surface area contributed by atoms with Crippen molar-refractivity contribution in [2.24, 2.45) is 0 Å². The lowest BCUT2D eigenvalue weighted by Gasteiger charge is -2.07. The lowest BCUT2D eigenvalue weighted by Crippen LogP contribution is -2.25. The van der Waals surface area contributed by atoms with Gasteiger partial charge in [0.1, 0.15) is 11.6 Å². The van der Waals surface area contributed by atoms with Crippen LogP contribution in [0.25, 0.3) is 0 Å². The number of carbonyl (C=O) groups excluding carboxylic acids is 1. The number of halogens is 2. The van der Waals surface area contributed by atoms with Gasteiger partial charge < -0.3 is 10.1 Å². The highest BCUT2D eigenvalue weighted by molar-refractivity contribution is 9.10. The minimum absolute atomic E-state index is 0.218. The Morgan fingerprint density at radius 3 is 2.57 bits per heavy atom. The second-order valence-electron chi connectivity index (χ2n) is 4.48. The molecule has 0 aliphatic heterocycles. The monoisotopic (exact) mass is 351 g/mol. The first-order chi connectivity index (χ1) is 10.1. The molecule has 0 unspecified atom stereocenters. The zero-order chi connectivity index (χ0) is 15.2. The van der Waals surface area contributed by atoms with Gasteiger partial charge in [-0.3, -0.25) is 4.79 Å². The Hall–Kier alpha value is -1.88. The van der Waals surface area contributed by atoms with Gasteiger partial charge in [-0.1, -0.05) is 12.1 Å². The van der Waals surface area contributed by atoms with Gasteiger partial charge in [0.2, 0.25) is 0 Å². The van der Waals surface area contributed by atoms with Gasteiger partial charge in [-0.05, 0) is 58.2 Å². The van der Waals surface area contributed by atoms with Crippen molar-refractivity contribution in [1.82, 2.24) is 5.32 Å². The molecule has 0 heterocycles. The molecule has 0 aromatic heterocycles. The zero-order valence-electron chi connectivity index (χ0n) is 11.5.